The monoisotopic (exact) mass is 362 g/mol. The minimum absolute atomic E-state index is 0. The predicted octanol–water partition coefficient (Wildman–Crippen LogP) is 4.29. The summed E-state index contributed by atoms with van der Waals surface area (Å²) in [6, 6.07) is 0. The van der Waals surface area contributed by atoms with Gasteiger partial charge in [0.05, 0.1) is 11.2 Å². The van der Waals surface area contributed by atoms with Gasteiger partial charge in [-0.3, -0.25) is 0 Å². The minimum atomic E-state index is -0.830. The van der Waals surface area contributed by atoms with E-state index in [-0.39, 0.29) is 29.2 Å². The highest BCUT2D eigenvalue weighted by Gasteiger charge is 2.57. The molecule has 0 amide bonds. The van der Waals surface area contributed by atoms with Crippen LogP contribution in [0, 0.1) is 22.7 Å². The van der Waals surface area contributed by atoms with Gasteiger partial charge in [-0.1, -0.05) is 33.3 Å². The molecule has 0 radical (unpaired) electrons. The average molecular weight is 363 g/mol. The number of fused-ring (bicyclic) bond motifs is 1. The third kappa shape index (κ3) is 4.35. The highest BCUT2D eigenvalue weighted by molar-refractivity contribution is 5.85. The molecule has 5 atom stereocenters. The van der Waals surface area contributed by atoms with Gasteiger partial charge in [0.1, 0.15) is 0 Å². The normalized spacial score (nSPS) is 40.3. The smallest absolute Gasteiger partial charge is 0.0797 e. The van der Waals surface area contributed by atoms with Crippen molar-refractivity contribution in [1.82, 2.24) is 0 Å². The van der Waals surface area contributed by atoms with Crippen LogP contribution in [0.25, 0.3) is 0 Å². The van der Waals surface area contributed by atoms with Crippen molar-refractivity contribution in [3.05, 3.63) is 12.7 Å². The van der Waals surface area contributed by atoms with Crippen molar-refractivity contribution in [2.45, 2.75) is 90.8 Å². The molecule has 3 nitrogen and oxygen atoms in total. The van der Waals surface area contributed by atoms with E-state index in [9.17, 15) is 10.2 Å². The minimum Gasteiger partial charge on any atom is -0.412 e. The molecular weight excluding hydrogens is 324 g/mol. The van der Waals surface area contributed by atoms with Crippen molar-refractivity contribution in [2.75, 3.05) is 0 Å². The van der Waals surface area contributed by atoms with Crippen molar-refractivity contribution in [2.24, 2.45) is 22.7 Å². The molecule has 24 heavy (non-hydrogen) atoms. The molecule has 0 heterocycles. The second-order valence-corrected chi connectivity index (χ2v) is 9.45. The summed E-state index contributed by atoms with van der Waals surface area (Å²) >= 11 is 0. The summed E-state index contributed by atoms with van der Waals surface area (Å²) in [6.45, 7) is 14.8. The summed E-state index contributed by atoms with van der Waals surface area (Å²) in [5.41, 5.74) is -0.900. The Labute approximate surface area is 154 Å². The fraction of sp³-hybridized carbons (Fsp3) is 0.900. The molecule has 0 aromatic carbocycles. The van der Waals surface area contributed by atoms with Gasteiger partial charge in [0.15, 0.2) is 0 Å². The van der Waals surface area contributed by atoms with E-state index in [0.717, 1.165) is 19.3 Å². The third-order valence-electron chi connectivity index (χ3n) is 7.14. The molecule has 4 N–H and O–H groups in total. The van der Waals surface area contributed by atoms with Crippen molar-refractivity contribution < 1.29 is 15.7 Å². The predicted molar refractivity (Wildman–Crippen MR) is 103 cm³/mol. The van der Waals surface area contributed by atoms with E-state index in [2.05, 4.69) is 27.4 Å². The molecule has 0 saturated heterocycles. The van der Waals surface area contributed by atoms with Crippen LogP contribution < -0.4 is 0 Å². The zero-order chi connectivity index (χ0) is 16.8. The summed E-state index contributed by atoms with van der Waals surface area (Å²) in [4.78, 5) is 0. The molecular formula is C20H39ClO3. The standard InChI is InChI=1S/C20H36O2.ClH.H2O/c1-7-18(4,21)13-9-16-19(5)12-8-11-17(2,3)15(19)10-14-20(16,6)22;;/h7,15-16,21-22H,1,8-14H2,2-6H3;1H;1H2/t15-,16+,18-,19-,20+;;/m0../s1. The Kier molecular flexibility index (Phi) is 7.62. The molecule has 2 aliphatic rings. The molecule has 0 aromatic heterocycles. The van der Waals surface area contributed by atoms with Crippen LogP contribution >= 0.6 is 12.4 Å². The van der Waals surface area contributed by atoms with Crippen molar-refractivity contribution in [3.8, 4) is 0 Å². The number of aliphatic hydroxyl groups is 2. The van der Waals surface area contributed by atoms with Crippen molar-refractivity contribution >= 4 is 12.4 Å². The van der Waals surface area contributed by atoms with Crippen LogP contribution in [0.5, 0.6) is 0 Å². The Hall–Kier alpha value is -0.0900. The maximum atomic E-state index is 11.1. The highest BCUT2D eigenvalue weighted by atomic mass is 35.5. The van der Waals surface area contributed by atoms with Crippen LogP contribution in [-0.4, -0.2) is 26.9 Å². The van der Waals surface area contributed by atoms with Gasteiger partial charge in [0.2, 0.25) is 0 Å². The zero-order valence-corrected chi connectivity index (χ0v) is 17.0. The average Bonchev–Trinajstić information content (AvgIpc) is 2.35. The molecule has 2 saturated carbocycles. The van der Waals surface area contributed by atoms with Gasteiger partial charge in [0.25, 0.3) is 0 Å². The summed E-state index contributed by atoms with van der Waals surface area (Å²) in [5, 5.41) is 21.4. The molecule has 2 aliphatic carbocycles. The topological polar surface area (TPSA) is 72.0 Å². The quantitative estimate of drug-likeness (QED) is 0.732. The van der Waals surface area contributed by atoms with E-state index in [1.54, 1.807) is 6.08 Å². The van der Waals surface area contributed by atoms with Crippen LogP contribution in [0.1, 0.15) is 79.6 Å². The third-order valence-corrected chi connectivity index (χ3v) is 7.14. The van der Waals surface area contributed by atoms with Gasteiger partial charge in [-0.15, -0.1) is 19.0 Å². The lowest BCUT2D eigenvalue weighted by atomic mass is 9.45. The van der Waals surface area contributed by atoms with E-state index in [0.29, 0.717) is 17.8 Å². The van der Waals surface area contributed by atoms with Gasteiger partial charge in [-0.05, 0) is 75.0 Å². The molecule has 0 bridgehead atoms. The second-order valence-electron chi connectivity index (χ2n) is 9.45. The Morgan fingerprint density at radius 3 is 2.29 bits per heavy atom. The largest absolute Gasteiger partial charge is 0.412 e. The van der Waals surface area contributed by atoms with Gasteiger partial charge < -0.3 is 15.7 Å². The summed E-state index contributed by atoms with van der Waals surface area (Å²) in [7, 11) is 0. The Balaban J connectivity index is 0.00000264. The number of halogens is 1. The first-order valence-corrected chi connectivity index (χ1v) is 9.03. The summed E-state index contributed by atoms with van der Waals surface area (Å²) in [5.74, 6) is 0.928. The zero-order valence-electron chi connectivity index (χ0n) is 16.2. The highest BCUT2D eigenvalue weighted by Crippen LogP contribution is 2.63. The molecule has 0 spiro atoms. The molecule has 144 valence electrons. The van der Waals surface area contributed by atoms with Crippen LogP contribution in [0.15, 0.2) is 12.7 Å². The maximum absolute atomic E-state index is 11.1. The Morgan fingerprint density at radius 2 is 1.75 bits per heavy atom. The number of rotatable bonds is 4. The van der Waals surface area contributed by atoms with Gasteiger partial charge in [-0.25, -0.2) is 0 Å². The molecule has 2 fully saturated rings. The number of hydrogen-bond donors (Lipinski definition) is 2. The fourth-order valence-electron chi connectivity index (χ4n) is 5.80. The lowest BCUT2D eigenvalue weighted by Crippen LogP contribution is -2.57. The first kappa shape index (κ1) is 23.9. The first-order chi connectivity index (χ1) is 9.95. The van der Waals surface area contributed by atoms with E-state index in [1.807, 2.05) is 13.8 Å². The van der Waals surface area contributed by atoms with E-state index in [4.69, 9.17) is 0 Å². The number of hydrogen-bond acceptors (Lipinski definition) is 2. The Morgan fingerprint density at radius 1 is 1.17 bits per heavy atom. The molecule has 0 aliphatic heterocycles. The van der Waals surface area contributed by atoms with Crippen LogP contribution in [0.4, 0.5) is 0 Å². The van der Waals surface area contributed by atoms with Gasteiger partial charge in [0, 0.05) is 0 Å². The second kappa shape index (κ2) is 7.65. The summed E-state index contributed by atoms with van der Waals surface area (Å²) < 4.78 is 0. The van der Waals surface area contributed by atoms with Crippen LogP contribution in [0.3, 0.4) is 0 Å². The fourth-order valence-corrected chi connectivity index (χ4v) is 5.80. The summed E-state index contributed by atoms with van der Waals surface area (Å²) in [6.07, 6.45) is 8.96. The van der Waals surface area contributed by atoms with Gasteiger partial charge in [-0.2, -0.15) is 0 Å². The van der Waals surface area contributed by atoms with E-state index < -0.39 is 11.2 Å². The van der Waals surface area contributed by atoms with Gasteiger partial charge >= 0.3 is 0 Å². The lowest BCUT2D eigenvalue weighted by Gasteiger charge is -2.61. The van der Waals surface area contributed by atoms with Crippen molar-refractivity contribution in [3.63, 3.8) is 0 Å². The Bertz CT molecular complexity index is 431. The molecule has 0 unspecified atom stereocenters. The molecule has 0 aromatic rings. The molecule has 4 heteroatoms. The maximum Gasteiger partial charge on any atom is 0.0797 e. The first-order valence-electron chi connectivity index (χ1n) is 9.03. The van der Waals surface area contributed by atoms with E-state index >= 15 is 0 Å². The molecule has 2 rings (SSSR count). The van der Waals surface area contributed by atoms with Crippen LogP contribution in [0.2, 0.25) is 0 Å². The van der Waals surface area contributed by atoms with E-state index in [1.165, 1.54) is 19.3 Å². The van der Waals surface area contributed by atoms with Crippen LogP contribution in [-0.2, 0) is 0 Å². The SMILES string of the molecule is C=C[C@](C)(O)CC[C@@H]1[C@@]2(C)CCCC(C)(C)[C@@H]2CC[C@@]1(C)O.Cl.O. The van der Waals surface area contributed by atoms with Crippen molar-refractivity contribution in [1.29, 1.82) is 0 Å². The lowest BCUT2D eigenvalue weighted by molar-refractivity contribution is -0.171.